The van der Waals surface area contributed by atoms with Crippen molar-refractivity contribution in [2.45, 2.75) is 12.8 Å². The maximum absolute atomic E-state index is 10.5. The van der Waals surface area contributed by atoms with Crippen LogP contribution in [-0.4, -0.2) is 49.9 Å². The van der Waals surface area contributed by atoms with Crippen molar-refractivity contribution in [2.24, 2.45) is 0 Å². The van der Waals surface area contributed by atoms with Crippen molar-refractivity contribution >= 4 is 10.1 Å². The zero-order valence-corrected chi connectivity index (χ0v) is 9.67. The van der Waals surface area contributed by atoms with Gasteiger partial charge in [0.15, 0.2) is 0 Å². The lowest BCUT2D eigenvalue weighted by Gasteiger charge is -2.11. The second-order valence-corrected chi connectivity index (χ2v) is 5.45. The summed E-state index contributed by atoms with van der Waals surface area (Å²) in [6.45, 7) is 7.69. The highest BCUT2D eigenvalue weighted by molar-refractivity contribution is 7.85. The van der Waals surface area contributed by atoms with Crippen LogP contribution in [0.5, 0.6) is 0 Å². The van der Waals surface area contributed by atoms with Crippen molar-refractivity contribution in [3.8, 4) is 0 Å². The first kappa shape index (κ1) is 12.6. The van der Waals surface area contributed by atoms with Crippen molar-refractivity contribution in [3.05, 3.63) is 12.8 Å². The van der Waals surface area contributed by atoms with E-state index in [4.69, 9.17) is 4.55 Å². The Hall–Kier alpha value is -0.430. The molecule has 1 unspecified atom stereocenters. The Labute approximate surface area is 91.1 Å². The fraction of sp³-hybridized carbons (Fsp3) is 0.778. The van der Waals surface area contributed by atoms with Crippen molar-refractivity contribution in [2.75, 3.05) is 32.1 Å². The highest BCUT2D eigenvalue weighted by atomic mass is 32.2. The van der Waals surface area contributed by atoms with Crippen molar-refractivity contribution in [3.63, 3.8) is 0 Å². The van der Waals surface area contributed by atoms with Gasteiger partial charge in [0.25, 0.3) is 10.1 Å². The highest BCUT2D eigenvalue weighted by Gasteiger charge is 2.20. The zero-order chi connectivity index (χ0) is 11.3. The van der Waals surface area contributed by atoms with E-state index in [1.54, 1.807) is 0 Å². The SMILES string of the molecule is C=C[NH+]1CCN(CCCCS(=O)(=O)O)C1. The van der Waals surface area contributed by atoms with Gasteiger partial charge in [-0.3, -0.25) is 14.4 Å². The number of unbranched alkanes of at least 4 members (excludes halogenated alkanes) is 1. The molecule has 6 heteroatoms. The monoisotopic (exact) mass is 235 g/mol. The van der Waals surface area contributed by atoms with Crippen LogP contribution >= 0.6 is 0 Å². The lowest BCUT2D eigenvalue weighted by Crippen LogP contribution is -3.05. The van der Waals surface area contributed by atoms with E-state index in [1.807, 2.05) is 6.20 Å². The minimum atomic E-state index is -3.78. The minimum absolute atomic E-state index is 0.126. The summed E-state index contributed by atoms with van der Waals surface area (Å²) in [5.41, 5.74) is 0. The molecule has 1 aliphatic heterocycles. The molecule has 0 aromatic rings. The summed E-state index contributed by atoms with van der Waals surface area (Å²) >= 11 is 0. The molecule has 0 aliphatic carbocycles. The maximum atomic E-state index is 10.5. The molecule has 0 spiro atoms. The number of hydrogen-bond donors (Lipinski definition) is 2. The van der Waals surface area contributed by atoms with E-state index in [2.05, 4.69) is 11.5 Å². The molecule has 0 aromatic carbocycles. The van der Waals surface area contributed by atoms with E-state index in [0.717, 1.165) is 32.7 Å². The van der Waals surface area contributed by atoms with Crippen LogP contribution in [0.2, 0.25) is 0 Å². The maximum Gasteiger partial charge on any atom is 0.264 e. The van der Waals surface area contributed by atoms with Gasteiger partial charge in [-0.05, 0) is 19.4 Å². The molecule has 0 bridgehead atoms. The fourth-order valence-electron chi connectivity index (χ4n) is 1.72. The normalized spacial score (nSPS) is 23.1. The first-order valence-corrected chi connectivity index (χ1v) is 6.77. The summed E-state index contributed by atoms with van der Waals surface area (Å²) in [4.78, 5) is 3.63. The van der Waals surface area contributed by atoms with Crippen LogP contribution in [0.4, 0.5) is 0 Å². The van der Waals surface area contributed by atoms with E-state index in [0.29, 0.717) is 6.42 Å². The Bertz CT molecular complexity index is 302. The predicted octanol–water partition coefficient (Wildman–Crippen LogP) is -1.04. The van der Waals surface area contributed by atoms with Gasteiger partial charge in [0.2, 0.25) is 0 Å². The average molecular weight is 235 g/mol. The zero-order valence-electron chi connectivity index (χ0n) is 8.85. The lowest BCUT2D eigenvalue weighted by atomic mass is 10.3. The third-order valence-corrected chi connectivity index (χ3v) is 3.40. The Morgan fingerprint density at radius 3 is 2.73 bits per heavy atom. The molecule has 0 radical (unpaired) electrons. The quantitative estimate of drug-likeness (QED) is 0.456. The average Bonchev–Trinajstić information content (AvgIpc) is 2.59. The molecule has 5 nitrogen and oxygen atoms in total. The van der Waals surface area contributed by atoms with Gasteiger partial charge in [-0.2, -0.15) is 8.42 Å². The molecule has 0 amide bonds. The Balaban J connectivity index is 2.09. The molecular weight excluding hydrogens is 216 g/mol. The number of nitrogens with one attached hydrogen (secondary N) is 1. The summed E-state index contributed by atoms with van der Waals surface area (Å²) in [7, 11) is -3.78. The van der Waals surface area contributed by atoms with Gasteiger partial charge in [0.1, 0.15) is 6.67 Å². The number of rotatable bonds is 6. The van der Waals surface area contributed by atoms with Gasteiger partial charge in [-0.25, -0.2) is 0 Å². The molecule has 0 aromatic heterocycles. The molecule has 0 saturated carbocycles. The fourth-order valence-corrected chi connectivity index (χ4v) is 2.29. The van der Waals surface area contributed by atoms with Gasteiger partial charge in [-0.15, -0.1) is 0 Å². The van der Waals surface area contributed by atoms with E-state index in [1.165, 1.54) is 4.90 Å². The Kier molecular flexibility index (Phi) is 4.72. The first-order valence-electron chi connectivity index (χ1n) is 5.16. The van der Waals surface area contributed by atoms with Crippen LogP contribution in [0.3, 0.4) is 0 Å². The molecule has 1 atom stereocenters. The summed E-state index contributed by atoms with van der Waals surface area (Å²) < 4.78 is 29.4. The molecule has 1 saturated heterocycles. The standard InChI is InChI=1S/C9H18N2O3S/c1-2-10-6-7-11(9-10)5-3-4-8-15(12,13)14/h2H,1,3-9H2,(H,12,13,14)/p+1. The third kappa shape index (κ3) is 5.27. The summed E-state index contributed by atoms with van der Waals surface area (Å²) in [6.07, 6.45) is 3.24. The first-order chi connectivity index (χ1) is 7.01. The molecular formula is C9H19N2O3S+. The van der Waals surface area contributed by atoms with Crippen LogP contribution in [0.1, 0.15) is 12.8 Å². The molecule has 1 aliphatic rings. The number of nitrogens with zero attached hydrogens (tertiary/aromatic N) is 1. The van der Waals surface area contributed by atoms with Crippen LogP contribution in [0.15, 0.2) is 12.8 Å². The van der Waals surface area contributed by atoms with Gasteiger partial charge >= 0.3 is 0 Å². The summed E-state index contributed by atoms with van der Waals surface area (Å²) in [5, 5.41) is 0. The molecule has 2 N–H and O–H groups in total. The van der Waals surface area contributed by atoms with Crippen LogP contribution in [0, 0.1) is 0 Å². The minimum Gasteiger partial charge on any atom is -0.296 e. The van der Waals surface area contributed by atoms with E-state index in [-0.39, 0.29) is 5.75 Å². The number of hydrogen-bond acceptors (Lipinski definition) is 3. The van der Waals surface area contributed by atoms with Gasteiger partial charge in [0.05, 0.1) is 25.0 Å². The molecule has 88 valence electrons. The summed E-state index contributed by atoms with van der Waals surface area (Å²) in [5.74, 6) is -0.126. The number of quaternary nitrogens is 1. The van der Waals surface area contributed by atoms with Gasteiger partial charge < -0.3 is 0 Å². The van der Waals surface area contributed by atoms with Crippen LogP contribution in [-0.2, 0) is 10.1 Å². The second-order valence-electron chi connectivity index (χ2n) is 3.88. The predicted molar refractivity (Wildman–Crippen MR) is 58.1 cm³/mol. The van der Waals surface area contributed by atoms with Gasteiger partial charge in [-0.1, -0.05) is 0 Å². The smallest absolute Gasteiger partial charge is 0.264 e. The lowest BCUT2D eigenvalue weighted by molar-refractivity contribution is -0.837. The van der Waals surface area contributed by atoms with Crippen molar-refractivity contribution < 1.29 is 17.9 Å². The Morgan fingerprint density at radius 2 is 2.20 bits per heavy atom. The van der Waals surface area contributed by atoms with Crippen molar-refractivity contribution in [1.29, 1.82) is 0 Å². The van der Waals surface area contributed by atoms with Crippen LogP contribution < -0.4 is 4.90 Å². The topological polar surface area (TPSA) is 62.0 Å². The summed E-state index contributed by atoms with van der Waals surface area (Å²) in [6, 6.07) is 0. The molecule has 15 heavy (non-hydrogen) atoms. The van der Waals surface area contributed by atoms with E-state index in [9.17, 15) is 8.42 Å². The second kappa shape index (κ2) is 5.60. The molecule has 1 rings (SSSR count). The third-order valence-electron chi connectivity index (χ3n) is 2.59. The highest BCUT2D eigenvalue weighted by Crippen LogP contribution is 1.98. The Morgan fingerprint density at radius 1 is 1.47 bits per heavy atom. The van der Waals surface area contributed by atoms with E-state index >= 15 is 0 Å². The van der Waals surface area contributed by atoms with Gasteiger partial charge in [0, 0.05) is 6.54 Å². The van der Waals surface area contributed by atoms with Crippen LogP contribution in [0.25, 0.3) is 0 Å². The molecule has 1 fully saturated rings. The van der Waals surface area contributed by atoms with E-state index < -0.39 is 10.1 Å². The molecule has 1 heterocycles. The largest absolute Gasteiger partial charge is 0.296 e. The van der Waals surface area contributed by atoms with Crippen molar-refractivity contribution in [1.82, 2.24) is 4.90 Å².